The second-order valence-corrected chi connectivity index (χ2v) is 6.39. The lowest BCUT2D eigenvalue weighted by Gasteiger charge is -2.15. The minimum absolute atomic E-state index is 0.0664. The fourth-order valence-corrected chi connectivity index (χ4v) is 3.45. The van der Waals surface area contributed by atoms with Gasteiger partial charge in [-0.3, -0.25) is 14.9 Å². The third kappa shape index (κ3) is 3.30. The quantitative estimate of drug-likeness (QED) is 0.506. The first-order valence-electron chi connectivity index (χ1n) is 6.36. The average molecular weight is 362 g/mol. The highest BCUT2D eigenvalue weighted by molar-refractivity contribution is 9.09. The molecule has 1 N–H and O–H groups in total. The number of halogens is 2. The van der Waals surface area contributed by atoms with E-state index in [2.05, 4.69) is 21.2 Å². The first-order valence-corrected chi connectivity index (χ1v) is 7.65. The summed E-state index contributed by atoms with van der Waals surface area (Å²) < 4.78 is 0. The molecule has 2 unspecified atom stereocenters. The molecule has 1 aromatic carbocycles. The minimum Gasteiger partial charge on any atom is -0.351 e. The molecule has 0 spiro atoms. The second-order valence-electron chi connectivity index (χ2n) is 4.81. The summed E-state index contributed by atoms with van der Waals surface area (Å²) >= 11 is 9.50. The van der Waals surface area contributed by atoms with Gasteiger partial charge in [-0.25, -0.2) is 0 Å². The van der Waals surface area contributed by atoms with Crippen LogP contribution in [0.5, 0.6) is 0 Å². The van der Waals surface area contributed by atoms with Crippen molar-refractivity contribution in [3.63, 3.8) is 0 Å². The van der Waals surface area contributed by atoms with Crippen molar-refractivity contribution in [1.29, 1.82) is 0 Å². The van der Waals surface area contributed by atoms with E-state index in [1.165, 1.54) is 18.2 Å². The molecule has 1 fully saturated rings. The van der Waals surface area contributed by atoms with Gasteiger partial charge < -0.3 is 5.32 Å². The van der Waals surface area contributed by atoms with Gasteiger partial charge in [0.2, 0.25) is 0 Å². The van der Waals surface area contributed by atoms with Crippen LogP contribution in [-0.4, -0.2) is 22.2 Å². The third-order valence-electron chi connectivity index (χ3n) is 3.51. The molecule has 0 aromatic heterocycles. The van der Waals surface area contributed by atoms with Gasteiger partial charge in [0.15, 0.2) is 0 Å². The van der Waals surface area contributed by atoms with Crippen LogP contribution in [0.4, 0.5) is 5.69 Å². The Kier molecular flexibility index (Phi) is 4.99. The van der Waals surface area contributed by atoms with Gasteiger partial charge in [0, 0.05) is 17.4 Å². The molecule has 20 heavy (non-hydrogen) atoms. The summed E-state index contributed by atoms with van der Waals surface area (Å²) in [5.41, 5.74) is -0.333. The van der Waals surface area contributed by atoms with E-state index in [-0.39, 0.29) is 16.3 Å². The Bertz CT molecular complexity index is 538. The van der Waals surface area contributed by atoms with Crippen molar-refractivity contribution in [2.45, 2.75) is 24.1 Å². The standard InChI is InChI=1S/C13H14BrClN2O3/c14-9-4-1-3-8(9)7-16-13(18)12-10(15)5-2-6-11(12)17(19)20/h2,5-6,8-9H,1,3-4,7H2,(H,16,18). The summed E-state index contributed by atoms with van der Waals surface area (Å²) in [6, 6.07) is 4.22. The Morgan fingerprint density at radius 3 is 2.85 bits per heavy atom. The van der Waals surface area contributed by atoms with Crippen LogP contribution in [-0.2, 0) is 0 Å². The molecule has 0 bridgehead atoms. The number of carbonyl (C=O) groups is 1. The molecule has 2 rings (SSSR count). The number of benzene rings is 1. The van der Waals surface area contributed by atoms with Crippen molar-refractivity contribution in [2.24, 2.45) is 5.92 Å². The Morgan fingerprint density at radius 1 is 1.50 bits per heavy atom. The van der Waals surface area contributed by atoms with Crippen LogP contribution >= 0.6 is 27.5 Å². The van der Waals surface area contributed by atoms with Gasteiger partial charge >= 0.3 is 0 Å². The van der Waals surface area contributed by atoms with Gasteiger partial charge in [-0.2, -0.15) is 0 Å². The van der Waals surface area contributed by atoms with Gasteiger partial charge in [-0.15, -0.1) is 0 Å². The van der Waals surface area contributed by atoms with E-state index in [4.69, 9.17) is 11.6 Å². The van der Waals surface area contributed by atoms with Crippen LogP contribution in [0.25, 0.3) is 0 Å². The van der Waals surface area contributed by atoms with E-state index < -0.39 is 10.8 Å². The zero-order valence-electron chi connectivity index (χ0n) is 10.6. The number of hydrogen-bond acceptors (Lipinski definition) is 3. The number of nitro groups is 1. The molecule has 1 aliphatic rings. The molecule has 0 aliphatic heterocycles. The lowest BCUT2D eigenvalue weighted by Crippen LogP contribution is -2.31. The van der Waals surface area contributed by atoms with Crippen molar-refractivity contribution in [1.82, 2.24) is 5.32 Å². The fourth-order valence-electron chi connectivity index (χ4n) is 2.42. The second kappa shape index (κ2) is 6.54. The van der Waals surface area contributed by atoms with Crippen molar-refractivity contribution in [3.05, 3.63) is 38.9 Å². The predicted molar refractivity (Wildman–Crippen MR) is 80.5 cm³/mol. The number of rotatable bonds is 4. The number of carbonyl (C=O) groups excluding carboxylic acids is 1. The first kappa shape index (κ1) is 15.3. The number of nitro benzene ring substituents is 1. The normalized spacial score (nSPS) is 21.7. The zero-order chi connectivity index (χ0) is 14.7. The molecule has 1 aliphatic carbocycles. The average Bonchev–Trinajstić information content (AvgIpc) is 2.81. The topological polar surface area (TPSA) is 72.2 Å². The van der Waals surface area contributed by atoms with Crippen LogP contribution in [0.15, 0.2) is 18.2 Å². The van der Waals surface area contributed by atoms with Gasteiger partial charge in [-0.1, -0.05) is 40.0 Å². The largest absolute Gasteiger partial charge is 0.351 e. The van der Waals surface area contributed by atoms with Crippen LogP contribution < -0.4 is 5.32 Å². The summed E-state index contributed by atoms with van der Waals surface area (Å²) in [7, 11) is 0. The highest BCUT2D eigenvalue weighted by atomic mass is 79.9. The summed E-state index contributed by atoms with van der Waals surface area (Å²) in [5.74, 6) is -0.130. The molecular weight excluding hydrogens is 348 g/mol. The van der Waals surface area contributed by atoms with E-state index in [9.17, 15) is 14.9 Å². The van der Waals surface area contributed by atoms with Crippen LogP contribution in [0.3, 0.4) is 0 Å². The van der Waals surface area contributed by atoms with Crippen LogP contribution in [0.1, 0.15) is 29.6 Å². The van der Waals surface area contributed by atoms with E-state index in [0.717, 1.165) is 19.3 Å². The molecule has 1 saturated carbocycles. The lowest BCUT2D eigenvalue weighted by molar-refractivity contribution is -0.385. The minimum atomic E-state index is -0.594. The maximum absolute atomic E-state index is 12.1. The maximum Gasteiger partial charge on any atom is 0.283 e. The molecule has 0 radical (unpaired) electrons. The number of nitrogens with one attached hydrogen (secondary N) is 1. The Balaban J connectivity index is 2.11. The van der Waals surface area contributed by atoms with Crippen molar-refractivity contribution in [2.75, 3.05) is 6.54 Å². The molecule has 0 saturated heterocycles. The highest BCUT2D eigenvalue weighted by Gasteiger charge is 2.27. The number of nitrogens with zero attached hydrogens (tertiary/aromatic N) is 1. The third-order valence-corrected chi connectivity index (χ3v) is 5.03. The summed E-state index contributed by atoms with van der Waals surface area (Å²) in [5, 5.41) is 13.8. The maximum atomic E-state index is 12.1. The molecule has 108 valence electrons. The number of alkyl halides is 1. The van der Waals surface area contributed by atoms with Crippen molar-refractivity contribution in [3.8, 4) is 0 Å². The SMILES string of the molecule is O=C(NCC1CCCC1Br)c1c(Cl)cccc1[N+](=O)[O-]. The molecule has 0 heterocycles. The fraction of sp³-hybridized carbons (Fsp3) is 0.462. The van der Waals surface area contributed by atoms with Gasteiger partial charge in [-0.05, 0) is 24.8 Å². The first-order chi connectivity index (χ1) is 9.50. The molecule has 5 nitrogen and oxygen atoms in total. The molecule has 1 amide bonds. The smallest absolute Gasteiger partial charge is 0.283 e. The summed E-state index contributed by atoms with van der Waals surface area (Å²) in [6.07, 6.45) is 3.26. The van der Waals surface area contributed by atoms with E-state index in [0.29, 0.717) is 17.3 Å². The highest BCUT2D eigenvalue weighted by Crippen LogP contribution is 2.31. The van der Waals surface area contributed by atoms with Gasteiger partial charge in [0.1, 0.15) is 5.56 Å². The predicted octanol–water partition coefficient (Wildman–Crippen LogP) is 3.54. The lowest BCUT2D eigenvalue weighted by atomic mass is 10.1. The van der Waals surface area contributed by atoms with Crippen molar-refractivity contribution >= 4 is 39.1 Å². The Hall–Kier alpha value is -1.14. The summed E-state index contributed by atoms with van der Waals surface area (Å²) in [6.45, 7) is 0.497. The Morgan fingerprint density at radius 2 is 2.25 bits per heavy atom. The Labute approximate surface area is 130 Å². The van der Waals surface area contributed by atoms with Crippen molar-refractivity contribution < 1.29 is 9.72 Å². The van der Waals surface area contributed by atoms with Gasteiger partial charge in [0.05, 0.1) is 9.95 Å². The molecule has 7 heteroatoms. The monoisotopic (exact) mass is 360 g/mol. The number of hydrogen-bond donors (Lipinski definition) is 1. The zero-order valence-corrected chi connectivity index (χ0v) is 13.0. The molecule has 1 aromatic rings. The summed E-state index contributed by atoms with van der Waals surface area (Å²) in [4.78, 5) is 22.9. The number of amides is 1. The van der Waals surface area contributed by atoms with Crippen LogP contribution in [0.2, 0.25) is 5.02 Å². The molecule has 2 atom stereocenters. The van der Waals surface area contributed by atoms with Gasteiger partial charge in [0.25, 0.3) is 11.6 Å². The van der Waals surface area contributed by atoms with E-state index in [1.54, 1.807) is 0 Å². The van der Waals surface area contributed by atoms with E-state index in [1.807, 2.05) is 0 Å². The van der Waals surface area contributed by atoms with E-state index >= 15 is 0 Å². The van der Waals surface area contributed by atoms with Crippen LogP contribution in [0, 0.1) is 16.0 Å². The molecular formula is C13H14BrClN2O3.